The highest BCUT2D eigenvalue weighted by molar-refractivity contribution is 7.09. The molecule has 5 nitrogen and oxygen atoms in total. The van der Waals surface area contributed by atoms with E-state index in [1.165, 1.54) is 23.3 Å². The van der Waals surface area contributed by atoms with Crippen LogP contribution < -0.4 is 10.1 Å². The maximum Gasteiger partial charge on any atom is 0.193 e. The SMILES string of the molecule is CN=C(NCC(c1ccccc1OC)N1CCCC1)N(C)CCc1cccs1. The summed E-state index contributed by atoms with van der Waals surface area (Å²) in [5.74, 6) is 1.90. The third kappa shape index (κ3) is 5.26. The van der Waals surface area contributed by atoms with Crippen molar-refractivity contribution in [2.45, 2.75) is 25.3 Å². The number of methoxy groups -OCH3 is 1. The lowest BCUT2D eigenvalue weighted by Crippen LogP contribution is -2.44. The molecule has 6 heteroatoms. The van der Waals surface area contributed by atoms with Crippen LogP contribution in [-0.2, 0) is 6.42 Å². The van der Waals surface area contributed by atoms with Crippen LogP contribution in [0.15, 0.2) is 46.8 Å². The zero-order valence-corrected chi connectivity index (χ0v) is 18.0. The monoisotopic (exact) mass is 400 g/mol. The molecule has 0 radical (unpaired) electrons. The molecule has 0 spiro atoms. The van der Waals surface area contributed by atoms with Crippen molar-refractivity contribution in [1.29, 1.82) is 0 Å². The molecule has 1 N–H and O–H groups in total. The van der Waals surface area contributed by atoms with Gasteiger partial charge in [0.05, 0.1) is 13.2 Å². The number of nitrogens with zero attached hydrogens (tertiary/aromatic N) is 3. The van der Waals surface area contributed by atoms with Crippen molar-refractivity contribution < 1.29 is 4.74 Å². The number of thiophene rings is 1. The molecule has 0 saturated carbocycles. The number of hydrogen-bond donors (Lipinski definition) is 1. The van der Waals surface area contributed by atoms with Gasteiger partial charge in [0.15, 0.2) is 5.96 Å². The number of rotatable bonds is 8. The highest BCUT2D eigenvalue weighted by Crippen LogP contribution is 2.31. The minimum Gasteiger partial charge on any atom is -0.496 e. The van der Waals surface area contributed by atoms with Crippen LogP contribution in [0.5, 0.6) is 5.75 Å². The molecule has 1 aliphatic heterocycles. The van der Waals surface area contributed by atoms with Gasteiger partial charge in [-0.15, -0.1) is 11.3 Å². The second kappa shape index (κ2) is 10.5. The molecule has 1 aromatic carbocycles. The van der Waals surface area contributed by atoms with Crippen LogP contribution in [0.25, 0.3) is 0 Å². The third-order valence-corrected chi connectivity index (χ3v) is 6.32. The first-order valence-corrected chi connectivity index (χ1v) is 10.9. The van der Waals surface area contributed by atoms with Gasteiger partial charge in [-0.3, -0.25) is 9.89 Å². The van der Waals surface area contributed by atoms with Crippen molar-refractivity contribution in [1.82, 2.24) is 15.1 Å². The van der Waals surface area contributed by atoms with E-state index in [-0.39, 0.29) is 6.04 Å². The normalized spacial score (nSPS) is 16.2. The lowest BCUT2D eigenvalue weighted by Gasteiger charge is -2.31. The van der Waals surface area contributed by atoms with E-state index in [0.29, 0.717) is 0 Å². The number of benzene rings is 1. The molecule has 28 heavy (non-hydrogen) atoms. The molecule has 1 aliphatic rings. The fraction of sp³-hybridized carbons (Fsp3) is 0.500. The van der Waals surface area contributed by atoms with E-state index >= 15 is 0 Å². The average Bonchev–Trinajstić information content (AvgIpc) is 3.44. The van der Waals surface area contributed by atoms with Gasteiger partial charge in [0.1, 0.15) is 5.75 Å². The molecule has 1 fully saturated rings. The summed E-state index contributed by atoms with van der Waals surface area (Å²) in [6.07, 6.45) is 3.57. The summed E-state index contributed by atoms with van der Waals surface area (Å²) in [6.45, 7) is 4.04. The highest BCUT2D eigenvalue weighted by Gasteiger charge is 2.26. The van der Waals surface area contributed by atoms with E-state index in [1.54, 1.807) is 7.11 Å². The Morgan fingerprint density at radius 3 is 2.71 bits per heavy atom. The second-order valence-electron chi connectivity index (χ2n) is 7.18. The third-order valence-electron chi connectivity index (χ3n) is 5.38. The Kier molecular flexibility index (Phi) is 7.74. The van der Waals surface area contributed by atoms with Crippen LogP contribution in [0.1, 0.15) is 29.3 Å². The average molecular weight is 401 g/mol. The van der Waals surface area contributed by atoms with Crippen molar-refractivity contribution in [2.75, 3.05) is 47.4 Å². The Bertz CT molecular complexity index is 741. The maximum atomic E-state index is 5.65. The van der Waals surface area contributed by atoms with Gasteiger partial charge in [0.2, 0.25) is 0 Å². The molecule has 2 aromatic rings. The summed E-state index contributed by atoms with van der Waals surface area (Å²) >= 11 is 1.81. The molecule has 0 bridgehead atoms. The predicted molar refractivity (Wildman–Crippen MR) is 119 cm³/mol. The van der Waals surface area contributed by atoms with E-state index in [0.717, 1.165) is 44.3 Å². The van der Waals surface area contributed by atoms with E-state index in [9.17, 15) is 0 Å². The van der Waals surface area contributed by atoms with Gasteiger partial charge in [-0.25, -0.2) is 0 Å². The minimum atomic E-state index is 0.279. The fourth-order valence-electron chi connectivity index (χ4n) is 3.84. The molecule has 3 rings (SSSR count). The number of guanidine groups is 1. The fourth-order valence-corrected chi connectivity index (χ4v) is 4.54. The number of likely N-dealkylation sites (tertiary alicyclic amines) is 1. The topological polar surface area (TPSA) is 40.1 Å². The van der Waals surface area contributed by atoms with Crippen molar-refractivity contribution >= 4 is 17.3 Å². The number of para-hydroxylation sites is 1. The van der Waals surface area contributed by atoms with E-state index in [1.807, 2.05) is 24.5 Å². The van der Waals surface area contributed by atoms with E-state index in [2.05, 4.69) is 62.9 Å². The second-order valence-corrected chi connectivity index (χ2v) is 8.21. The number of nitrogens with one attached hydrogen (secondary N) is 1. The smallest absolute Gasteiger partial charge is 0.193 e. The van der Waals surface area contributed by atoms with Gasteiger partial charge in [0.25, 0.3) is 0 Å². The molecule has 1 unspecified atom stereocenters. The minimum absolute atomic E-state index is 0.279. The molecular weight excluding hydrogens is 368 g/mol. The molecule has 0 aliphatic carbocycles. The van der Waals surface area contributed by atoms with Crippen LogP contribution in [-0.4, -0.2) is 63.1 Å². The number of likely N-dealkylation sites (N-methyl/N-ethyl adjacent to an activating group) is 1. The number of aliphatic imine (C=N–C) groups is 1. The van der Waals surface area contributed by atoms with Crippen molar-refractivity contribution in [2.24, 2.45) is 4.99 Å². The van der Waals surface area contributed by atoms with Crippen LogP contribution in [0.2, 0.25) is 0 Å². The maximum absolute atomic E-state index is 5.65. The van der Waals surface area contributed by atoms with Crippen LogP contribution in [0.3, 0.4) is 0 Å². The van der Waals surface area contributed by atoms with Crippen LogP contribution in [0.4, 0.5) is 0 Å². The van der Waals surface area contributed by atoms with Gasteiger partial charge in [0, 0.05) is 37.6 Å². The first-order chi connectivity index (χ1) is 13.7. The number of ether oxygens (including phenoxy) is 1. The summed E-state index contributed by atoms with van der Waals surface area (Å²) in [7, 11) is 5.72. The standard InChI is InChI=1S/C22H32N4OS/c1-23-22(25(2)15-12-18-9-8-16-28-18)24-17-20(26-13-6-7-14-26)19-10-4-5-11-21(19)27-3/h4-5,8-11,16,20H,6-7,12-15,17H2,1-3H3,(H,23,24). The lowest BCUT2D eigenvalue weighted by molar-refractivity contribution is 0.238. The molecule has 0 amide bonds. The molecule has 152 valence electrons. The quantitative estimate of drug-likeness (QED) is 0.542. The number of hydrogen-bond acceptors (Lipinski definition) is 4. The van der Waals surface area contributed by atoms with Crippen molar-refractivity contribution in [3.63, 3.8) is 0 Å². The van der Waals surface area contributed by atoms with Gasteiger partial charge in [-0.2, -0.15) is 0 Å². The molecule has 1 aromatic heterocycles. The summed E-state index contributed by atoms with van der Waals surface area (Å²) in [4.78, 5) is 10.7. The summed E-state index contributed by atoms with van der Waals surface area (Å²) < 4.78 is 5.65. The van der Waals surface area contributed by atoms with Crippen LogP contribution >= 0.6 is 11.3 Å². The zero-order valence-electron chi connectivity index (χ0n) is 17.2. The first-order valence-electron chi connectivity index (χ1n) is 10.0. The van der Waals surface area contributed by atoms with Gasteiger partial charge < -0.3 is 15.0 Å². The van der Waals surface area contributed by atoms with Gasteiger partial charge in [-0.1, -0.05) is 24.3 Å². The molecular formula is C22H32N4OS. The lowest BCUT2D eigenvalue weighted by atomic mass is 10.0. The molecule has 1 saturated heterocycles. The Morgan fingerprint density at radius 2 is 2.04 bits per heavy atom. The zero-order chi connectivity index (χ0) is 19.8. The van der Waals surface area contributed by atoms with E-state index < -0.39 is 0 Å². The Balaban J connectivity index is 1.66. The predicted octanol–water partition coefficient (Wildman–Crippen LogP) is 3.64. The van der Waals surface area contributed by atoms with Crippen molar-refractivity contribution in [3.05, 3.63) is 52.2 Å². The summed E-state index contributed by atoms with van der Waals surface area (Å²) in [5, 5.41) is 5.74. The van der Waals surface area contributed by atoms with Crippen LogP contribution in [0, 0.1) is 0 Å². The Morgan fingerprint density at radius 1 is 1.25 bits per heavy atom. The largest absolute Gasteiger partial charge is 0.496 e. The summed E-state index contributed by atoms with van der Waals surface area (Å²) in [6, 6.07) is 13.0. The molecule has 2 heterocycles. The Labute approximate surface area is 173 Å². The Hall–Kier alpha value is -2.05. The molecule has 1 atom stereocenters. The van der Waals surface area contributed by atoms with E-state index in [4.69, 9.17) is 4.74 Å². The van der Waals surface area contributed by atoms with Crippen molar-refractivity contribution in [3.8, 4) is 5.75 Å². The van der Waals surface area contributed by atoms with Gasteiger partial charge in [-0.05, 0) is 49.9 Å². The first kappa shape index (κ1) is 20.7. The van der Waals surface area contributed by atoms with Gasteiger partial charge >= 0.3 is 0 Å². The highest BCUT2D eigenvalue weighted by atomic mass is 32.1. The summed E-state index contributed by atoms with van der Waals surface area (Å²) in [5.41, 5.74) is 1.25.